The van der Waals surface area contributed by atoms with E-state index in [-0.39, 0.29) is 0 Å². The van der Waals surface area contributed by atoms with Crippen LogP contribution in [0.25, 0.3) is 0 Å². The zero-order valence-corrected chi connectivity index (χ0v) is 12.2. The van der Waals surface area contributed by atoms with Crippen LogP contribution in [0.5, 0.6) is 0 Å². The van der Waals surface area contributed by atoms with Crippen LogP contribution in [0.2, 0.25) is 0 Å². The highest BCUT2D eigenvalue weighted by Crippen LogP contribution is 2.48. The fourth-order valence-electron chi connectivity index (χ4n) is 3.90. The number of fused-ring (bicyclic) bond motifs is 2. The second-order valence-corrected chi connectivity index (χ2v) is 6.26. The molecule has 3 rings (SSSR count). The minimum Gasteiger partial charge on any atom is -0.359 e. The van der Waals surface area contributed by atoms with Gasteiger partial charge in [0.05, 0.1) is 0 Å². The Kier molecular flexibility index (Phi) is 3.33. The first kappa shape index (κ1) is 12.7. The summed E-state index contributed by atoms with van der Waals surface area (Å²) in [6.07, 6.45) is 5.83. The van der Waals surface area contributed by atoms with Crippen molar-refractivity contribution in [3.8, 4) is 0 Å². The van der Waals surface area contributed by atoms with E-state index in [2.05, 4.69) is 33.3 Å². The number of anilines is 2. The molecule has 0 saturated heterocycles. The van der Waals surface area contributed by atoms with Gasteiger partial charge in [0.1, 0.15) is 5.82 Å². The van der Waals surface area contributed by atoms with Crippen molar-refractivity contribution in [2.45, 2.75) is 32.6 Å². The molecule has 104 valence electrons. The molecule has 1 heterocycles. The van der Waals surface area contributed by atoms with Crippen LogP contribution in [-0.4, -0.2) is 30.6 Å². The Labute approximate surface area is 115 Å². The zero-order valence-electron chi connectivity index (χ0n) is 12.2. The summed E-state index contributed by atoms with van der Waals surface area (Å²) in [5.41, 5.74) is 1.02. The second-order valence-electron chi connectivity index (χ2n) is 6.26. The molecule has 0 spiro atoms. The van der Waals surface area contributed by atoms with Gasteiger partial charge in [0.2, 0.25) is 5.95 Å². The van der Waals surface area contributed by atoms with E-state index in [0.29, 0.717) is 0 Å². The normalized spacial score (nSPS) is 28.7. The van der Waals surface area contributed by atoms with Crippen LogP contribution in [-0.2, 0) is 0 Å². The van der Waals surface area contributed by atoms with E-state index in [4.69, 9.17) is 0 Å². The molecule has 19 heavy (non-hydrogen) atoms. The highest BCUT2D eigenvalue weighted by Gasteiger charge is 2.39. The van der Waals surface area contributed by atoms with Crippen molar-refractivity contribution >= 4 is 11.8 Å². The molecule has 0 aliphatic heterocycles. The van der Waals surface area contributed by atoms with Crippen molar-refractivity contribution in [2.24, 2.45) is 17.8 Å². The highest BCUT2D eigenvalue weighted by molar-refractivity contribution is 5.43. The molecular formula is C15H24N4. The molecule has 0 aromatic carbocycles. The minimum absolute atomic E-state index is 0.717. The van der Waals surface area contributed by atoms with Crippen LogP contribution in [0.4, 0.5) is 11.8 Å². The summed E-state index contributed by atoms with van der Waals surface area (Å²) in [6.45, 7) is 3.16. The maximum atomic E-state index is 4.56. The Balaban J connectivity index is 1.70. The van der Waals surface area contributed by atoms with Crippen molar-refractivity contribution in [2.75, 3.05) is 30.9 Å². The smallest absolute Gasteiger partial charge is 0.224 e. The van der Waals surface area contributed by atoms with E-state index in [0.717, 1.165) is 41.8 Å². The Bertz CT molecular complexity index is 459. The van der Waals surface area contributed by atoms with E-state index in [1.54, 1.807) is 0 Å². The Morgan fingerprint density at radius 1 is 1.32 bits per heavy atom. The summed E-state index contributed by atoms with van der Waals surface area (Å²) in [4.78, 5) is 11.2. The van der Waals surface area contributed by atoms with Gasteiger partial charge in [-0.3, -0.25) is 0 Å². The van der Waals surface area contributed by atoms with Gasteiger partial charge >= 0.3 is 0 Å². The standard InChI is InChI=1S/C15H24N4/c1-10-6-14(18-15(16-2)17-10)19(3)9-13-8-11-4-5-12(13)7-11/h6,11-13H,4-5,7-9H2,1-3H3,(H,16,17,18). The van der Waals surface area contributed by atoms with Gasteiger partial charge in [-0.15, -0.1) is 0 Å². The van der Waals surface area contributed by atoms with Gasteiger partial charge in [-0.05, 0) is 43.9 Å². The van der Waals surface area contributed by atoms with Crippen molar-refractivity contribution in [1.29, 1.82) is 0 Å². The summed E-state index contributed by atoms with van der Waals surface area (Å²) < 4.78 is 0. The molecule has 2 aliphatic rings. The first-order chi connectivity index (χ1) is 9.15. The Morgan fingerprint density at radius 2 is 2.16 bits per heavy atom. The number of hydrogen-bond donors (Lipinski definition) is 1. The number of aryl methyl sites for hydroxylation is 1. The number of aromatic nitrogens is 2. The second kappa shape index (κ2) is 4.99. The molecule has 2 saturated carbocycles. The number of nitrogens with zero attached hydrogens (tertiary/aromatic N) is 3. The predicted octanol–water partition coefficient (Wildman–Crippen LogP) is 2.70. The van der Waals surface area contributed by atoms with Gasteiger partial charge in [0.15, 0.2) is 0 Å². The van der Waals surface area contributed by atoms with E-state index in [9.17, 15) is 0 Å². The summed E-state index contributed by atoms with van der Waals surface area (Å²) in [5.74, 6) is 4.62. The zero-order chi connectivity index (χ0) is 13.4. The minimum atomic E-state index is 0.717. The van der Waals surface area contributed by atoms with Crippen LogP contribution in [0.15, 0.2) is 6.07 Å². The third-order valence-corrected chi connectivity index (χ3v) is 4.85. The molecule has 3 atom stereocenters. The largest absolute Gasteiger partial charge is 0.359 e. The van der Waals surface area contributed by atoms with E-state index in [1.807, 2.05) is 14.0 Å². The van der Waals surface area contributed by atoms with E-state index >= 15 is 0 Å². The number of rotatable bonds is 4. The fourth-order valence-corrected chi connectivity index (χ4v) is 3.90. The summed E-state index contributed by atoms with van der Waals surface area (Å²) in [5, 5.41) is 3.03. The molecular weight excluding hydrogens is 236 g/mol. The monoisotopic (exact) mass is 260 g/mol. The third kappa shape index (κ3) is 2.53. The molecule has 4 nitrogen and oxygen atoms in total. The highest BCUT2D eigenvalue weighted by atomic mass is 15.2. The van der Waals surface area contributed by atoms with Crippen molar-refractivity contribution in [1.82, 2.24) is 9.97 Å². The van der Waals surface area contributed by atoms with Crippen LogP contribution in [0, 0.1) is 24.7 Å². The van der Waals surface area contributed by atoms with Gasteiger partial charge in [-0.25, -0.2) is 4.98 Å². The SMILES string of the molecule is CNc1nc(C)cc(N(C)CC2CC3CCC2C3)n1. The molecule has 2 bridgehead atoms. The molecule has 0 radical (unpaired) electrons. The molecule has 2 aliphatic carbocycles. The van der Waals surface area contributed by atoms with Crippen LogP contribution >= 0.6 is 0 Å². The predicted molar refractivity (Wildman–Crippen MR) is 78.5 cm³/mol. The molecule has 3 unspecified atom stereocenters. The van der Waals surface area contributed by atoms with Crippen molar-refractivity contribution in [3.63, 3.8) is 0 Å². The first-order valence-corrected chi connectivity index (χ1v) is 7.40. The van der Waals surface area contributed by atoms with E-state index < -0.39 is 0 Å². The molecule has 1 N–H and O–H groups in total. The van der Waals surface area contributed by atoms with Gasteiger partial charge in [0.25, 0.3) is 0 Å². The lowest BCUT2D eigenvalue weighted by molar-refractivity contribution is 0.337. The van der Waals surface area contributed by atoms with Gasteiger partial charge in [0, 0.05) is 32.4 Å². The maximum absolute atomic E-state index is 4.56. The molecule has 0 amide bonds. The molecule has 1 aromatic heterocycles. The van der Waals surface area contributed by atoms with Crippen LogP contribution < -0.4 is 10.2 Å². The van der Waals surface area contributed by atoms with Gasteiger partial charge in [-0.1, -0.05) is 6.42 Å². The van der Waals surface area contributed by atoms with E-state index in [1.165, 1.54) is 25.7 Å². The summed E-state index contributed by atoms with van der Waals surface area (Å²) >= 11 is 0. The average molecular weight is 260 g/mol. The summed E-state index contributed by atoms with van der Waals surface area (Å²) in [6, 6.07) is 2.08. The number of nitrogens with one attached hydrogen (secondary N) is 1. The maximum Gasteiger partial charge on any atom is 0.224 e. The molecule has 4 heteroatoms. The van der Waals surface area contributed by atoms with Gasteiger partial charge < -0.3 is 10.2 Å². The fraction of sp³-hybridized carbons (Fsp3) is 0.733. The Morgan fingerprint density at radius 3 is 2.79 bits per heavy atom. The van der Waals surface area contributed by atoms with Crippen molar-refractivity contribution < 1.29 is 0 Å². The number of hydrogen-bond acceptors (Lipinski definition) is 4. The molecule has 1 aromatic rings. The van der Waals surface area contributed by atoms with Gasteiger partial charge in [-0.2, -0.15) is 4.98 Å². The molecule has 2 fully saturated rings. The first-order valence-electron chi connectivity index (χ1n) is 7.40. The van der Waals surface area contributed by atoms with Crippen LogP contribution in [0.1, 0.15) is 31.4 Å². The summed E-state index contributed by atoms with van der Waals surface area (Å²) in [7, 11) is 4.03. The topological polar surface area (TPSA) is 41.1 Å². The third-order valence-electron chi connectivity index (χ3n) is 4.85. The van der Waals surface area contributed by atoms with Crippen LogP contribution in [0.3, 0.4) is 0 Å². The lowest BCUT2D eigenvalue weighted by Crippen LogP contribution is -2.29. The average Bonchev–Trinajstić information content (AvgIpc) is 3.00. The Hall–Kier alpha value is -1.32. The quantitative estimate of drug-likeness (QED) is 0.903. The lowest BCUT2D eigenvalue weighted by Gasteiger charge is -2.28. The van der Waals surface area contributed by atoms with Crippen molar-refractivity contribution in [3.05, 3.63) is 11.8 Å². The lowest BCUT2D eigenvalue weighted by atomic mass is 9.88.